The topological polar surface area (TPSA) is 49.8 Å². The molecule has 0 spiro atoms. The maximum atomic E-state index is 11.8. The molecule has 0 bridgehead atoms. The van der Waals surface area contributed by atoms with Crippen LogP contribution in [0.5, 0.6) is 0 Å². The number of rotatable bonds is 22. The van der Waals surface area contributed by atoms with E-state index < -0.39 is 0 Å². The van der Waals surface area contributed by atoms with Crippen LogP contribution in [0, 0.1) is 0 Å². The summed E-state index contributed by atoms with van der Waals surface area (Å²) in [4.78, 5) is 14.1. The van der Waals surface area contributed by atoms with Gasteiger partial charge in [-0.1, -0.05) is 84.5 Å². The Balaban J connectivity index is 3.37. The Labute approximate surface area is 175 Å². The molecule has 0 saturated heterocycles. The molecule has 0 unspecified atom stereocenters. The third-order valence-electron chi connectivity index (χ3n) is 5.36. The zero-order chi connectivity index (χ0) is 20.7. The summed E-state index contributed by atoms with van der Waals surface area (Å²) >= 11 is 0. The van der Waals surface area contributed by atoms with Crippen LogP contribution in [0.3, 0.4) is 0 Å². The summed E-state index contributed by atoms with van der Waals surface area (Å²) in [6, 6.07) is 0. The number of aliphatic hydroxyl groups excluding tert-OH is 1. The summed E-state index contributed by atoms with van der Waals surface area (Å²) < 4.78 is 5.35. The van der Waals surface area contributed by atoms with E-state index in [0.29, 0.717) is 13.0 Å². The molecule has 0 aliphatic rings. The van der Waals surface area contributed by atoms with Gasteiger partial charge in [-0.2, -0.15) is 0 Å². The van der Waals surface area contributed by atoms with E-state index in [1.165, 1.54) is 70.6 Å². The second kappa shape index (κ2) is 22.7. The Hall–Kier alpha value is -0.610. The van der Waals surface area contributed by atoms with Crippen LogP contribution in [0.1, 0.15) is 117 Å². The first kappa shape index (κ1) is 27.4. The fourth-order valence-corrected chi connectivity index (χ4v) is 3.49. The Kier molecular flexibility index (Phi) is 22.2. The van der Waals surface area contributed by atoms with Gasteiger partial charge >= 0.3 is 5.97 Å². The molecule has 0 aliphatic carbocycles. The van der Waals surface area contributed by atoms with E-state index >= 15 is 0 Å². The smallest absolute Gasteiger partial charge is 0.305 e. The van der Waals surface area contributed by atoms with E-state index in [1.807, 2.05) is 0 Å². The van der Waals surface area contributed by atoms with Crippen LogP contribution in [-0.2, 0) is 9.53 Å². The van der Waals surface area contributed by atoms with Crippen molar-refractivity contribution in [2.24, 2.45) is 0 Å². The standard InChI is InChI=1S/C24H49NO3/c1-3-5-7-8-9-10-11-12-13-17-23-28-24(27)18-15-14-16-20-25(21-22-26)19-6-4-2/h26H,3-23H2,1-2H3. The Morgan fingerprint density at radius 1 is 0.679 bits per heavy atom. The quantitative estimate of drug-likeness (QED) is 0.176. The SMILES string of the molecule is CCCCCCCCCCCCOC(=O)CCCCCN(CCO)CCCC. The second-order valence-corrected chi connectivity index (χ2v) is 8.13. The molecule has 4 heteroatoms. The molecule has 4 nitrogen and oxygen atoms in total. The van der Waals surface area contributed by atoms with Gasteiger partial charge in [0.1, 0.15) is 0 Å². The Bertz CT molecular complexity index is 323. The highest BCUT2D eigenvalue weighted by atomic mass is 16.5. The molecule has 0 aromatic heterocycles. The summed E-state index contributed by atoms with van der Waals surface area (Å²) in [5.74, 6) is -0.0332. The summed E-state index contributed by atoms with van der Waals surface area (Å²) in [5, 5.41) is 9.11. The van der Waals surface area contributed by atoms with Crippen molar-refractivity contribution in [1.82, 2.24) is 4.90 Å². The molecular formula is C24H49NO3. The van der Waals surface area contributed by atoms with Crippen LogP contribution in [0.2, 0.25) is 0 Å². The number of aliphatic hydroxyl groups is 1. The first-order valence-corrected chi connectivity index (χ1v) is 12.2. The molecule has 0 amide bonds. The van der Waals surface area contributed by atoms with Crippen LogP contribution in [0.15, 0.2) is 0 Å². The Morgan fingerprint density at radius 3 is 1.82 bits per heavy atom. The molecule has 0 heterocycles. The number of esters is 1. The van der Waals surface area contributed by atoms with Crippen LogP contribution in [0.4, 0.5) is 0 Å². The maximum Gasteiger partial charge on any atom is 0.305 e. The number of hydrogen-bond donors (Lipinski definition) is 1. The zero-order valence-corrected chi connectivity index (χ0v) is 19.1. The van der Waals surface area contributed by atoms with E-state index in [4.69, 9.17) is 9.84 Å². The molecule has 0 fully saturated rings. The minimum absolute atomic E-state index is 0.0332. The fraction of sp³-hybridized carbons (Fsp3) is 0.958. The van der Waals surface area contributed by atoms with Crippen molar-refractivity contribution in [2.75, 3.05) is 32.8 Å². The monoisotopic (exact) mass is 399 g/mol. The third-order valence-corrected chi connectivity index (χ3v) is 5.36. The van der Waals surface area contributed by atoms with Gasteiger partial charge in [0.25, 0.3) is 0 Å². The number of hydrogen-bond acceptors (Lipinski definition) is 4. The van der Waals surface area contributed by atoms with E-state index in [-0.39, 0.29) is 12.6 Å². The largest absolute Gasteiger partial charge is 0.466 e. The van der Waals surface area contributed by atoms with Gasteiger partial charge in [-0.25, -0.2) is 0 Å². The lowest BCUT2D eigenvalue weighted by molar-refractivity contribution is -0.143. The molecular weight excluding hydrogens is 350 g/mol. The van der Waals surface area contributed by atoms with E-state index in [2.05, 4.69) is 18.7 Å². The van der Waals surface area contributed by atoms with Crippen molar-refractivity contribution in [3.8, 4) is 0 Å². The molecule has 0 aromatic carbocycles. The lowest BCUT2D eigenvalue weighted by Crippen LogP contribution is -2.29. The minimum Gasteiger partial charge on any atom is -0.466 e. The highest BCUT2D eigenvalue weighted by molar-refractivity contribution is 5.69. The minimum atomic E-state index is -0.0332. The normalized spacial score (nSPS) is 11.3. The van der Waals surface area contributed by atoms with E-state index in [0.717, 1.165) is 45.3 Å². The molecule has 0 aromatic rings. The van der Waals surface area contributed by atoms with E-state index in [9.17, 15) is 4.79 Å². The van der Waals surface area contributed by atoms with Gasteiger partial charge in [0, 0.05) is 13.0 Å². The number of unbranched alkanes of at least 4 members (excludes halogenated alkanes) is 12. The summed E-state index contributed by atoms with van der Waals surface area (Å²) in [5.41, 5.74) is 0. The summed E-state index contributed by atoms with van der Waals surface area (Å²) in [6.07, 6.45) is 19.0. The number of carbonyl (C=O) groups excluding carboxylic acids is 1. The number of nitrogens with zero attached hydrogens (tertiary/aromatic N) is 1. The lowest BCUT2D eigenvalue weighted by Gasteiger charge is -2.20. The molecule has 168 valence electrons. The predicted octanol–water partition coefficient (Wildman–Crippen LogP) is 6.11. The van der Waals surface area contributed by atoms with Gasteiger partial charge in [-0.15, -0.1) is 0 Å². The molecule has 0 saturated carbocycles. The lowest BCUT2D eigenvalue weighted by atomic mass is 10.1. The molecule has 28 heavy (non-hydrogen) atoms. The van der Waals surface area contributed by atoms with Gasteiger partial charge < -0.3 is 14.7 Å². The molecule has 0 atom stereocenters. The van der Waals surface area contributed by atoms with Crippen molar-refractivity contribution in [3.63, 3.8) is 0 Å². The van der Waals surface area contributed by atoms with Gasteiger partial charge in [0.15, 0.2) is 0 Å². The fourth-order valence-electron chi connectivity index (χ4n) is 3.49. The first-order valence-electron chi connectivity index (χ1n) is 12.2. The average molecular weight is 400 g/mol. The Morgan fingerprint density at radius 2 is 1.21 bits per heavy atom. The molecule has 0 rings (SSSR count). The van der Waals surface area contributed by atoms with Crippen molar-refractivity contribution in [3.05, 3.63) is 0 Å². The third kappa shape index (κ3) is 20.1. The van der Waals surface area contributed by atoms with Crippen molar-refractivity contribution >= 4 is 5.97 Å². The van der Waals surface area contributed by atoms with Crippen LogP contribution >= 0.6 is 0 Å². The first-order chi connectivity index (χ1) is 13.7. The number of ether oxygens (including phenoxy) is 1. The summed E-state index contributed by atoms with van der Waals surface area (Å²) in [7, 11) is 0. The molecule has 0 radical (unpaired) electrons. The zero-order valence-electron chi connectivity index (χ0n) is 19.1. The predicted molar refractivity (Wildman–Crippen MR) is 120 cm³/mol. The van der Waals surface area contributed by atoms with Crippen molar-refractivity contribution < 1.29 is 14.6 Å². The van der Waals surface area contributed by atoms with Crippen molar-refractivity contribution in [2.45, 2.75) is 117 Å². The van der Waals surface area contributed by atoms with Gasteiger partial charge in [-0.05, 0) is 38.8 Å². The van der Waals surface area contributed by atoms with E-state index in [1.54, 1.807) is 0 Å². The van der Waals surface area contributed by atoms with Crippen LogP contribution in [0.25, 0.3) is 0 Å². The average Bonchev–Trinajstić information content (AvgIpc) is 2.69. The van der Waals surface area contributed by atoms with Crippen LogP contribution in [-0.4, -0.2) is 48.8 Å². The van der Waals surface area contributed by atoms with Crippen LogP contribution < -0.4 is 0 Å². The van der Waals surface area contributed by atoms with Gasteiger partial charge in [-0.3, -0.25) is 4.79 Å². The number of carbonyl (C=O) groups is 1. The molecule has 0 aliphatic heterocycles. The maximum absolute atomic E-state index is 11.8. The second-order valence-electron chi connectivity index (χ2n) is 8.13. The summed E-state index contributed by atoms with van der Waals surface area (Å²) in [6.45, 7) is 8.13. The van der Waals surface area contributed by atoms with Crippen molar-refractivity contribution in [1.29, 1.82) is 0 Å². The van der Waals surface area contributed by atoms with Gasteiger partial charge in [0.05, 0.1) is 13.2 Å². The highest BCUT2D eigenvalue weighted by Gasteiger charge is 2.05. The van der Waals surface area contributed by atoms with Gasteiger partial charge in [0.2, 0.25) is 0 Å². The highest BCUT2D eigenvalue weighted by Crippen LogP contribution is 2.11. The molecule has 1 N–H and O–H groups in total.